The molecule has 22 heavy (non-hydrogen) atoms. The highest BCUT2D eigenvalue weighted by atomic mass is 16.3. The quantitative estimate of drug-likeness (QED) is 0.812. The van der Waals surface area contributed by atoms with Crippen LogP contribution in [0.15, 0.2) is 24.5 Å². The summed E-state index contributed by atoms with van der Waals surface area (Å²) in [6.45, 7) is 10.1. The number of nitrogens with one attached hydrogen (secondary N) is 1. The first-order valence-electron chi connectivity index (χ1n) is 8.58. The van der Waals surface area contributed by atoms with E-state index in [4.69, 9.17) is 0 Å². The van der Waals surface area contributed by atoms with Gasteiger partial charge >= 0.3 is 0 Å². The number of piperidine rings is 1. The smallest absolute Gasteiger partial charge is 0.0768 e. The van der Waals surface area contributed by atoms with Crippen LogP contribution in [0.25, 0.3) is 0 Å². The molecule has 1 aliphatic heterocycles. The molecule has 124 valence electrons. The van der Waals surface area contributed by atoms with Crippen LogP contribution >= 0.6 is 0 Å². The summed E-state index contributed by atoms with van der Waals surface area (Å²) >= 11 is 0. The van der Waals surface area contributed by atoms with Gasteiger partial charge in [0.25, 0.3) is 0 Å². The number of nitrogens with zero attached hydrogens (tertiary/aromatic N) is 2. The van der Waals surface area contributed by atoms with Gasteiger partial charge in [-0.15, -0.1) is 0 Å². The Labute approximate surface area is 134 Å². The fraction of sp³-hybridized carbons (Fsp3) is 0.722. The maximum Gasteiger partial charge on any atom is 0.0768 e. The van der Waals surface area contributed by atoms with E-state index in [2.05, 4.69) is 41.2 Å². The van der Waals surface area contributed by atoms with Crippen LogP contribution in [-0.4, -0.2) is 46.3 Å². The van der Waals surface area contributed by atoms with E-state index in [1.54, 1.807) is 0 Å². The minimum Gasteiger partial charge on any atom is -0.389 e. The summed E-state index contributed by atoms with van der Waals surface area (Å²) in [5, 5.41) is 14.1. The summed E-state index contributed by atoms with van der Waals surface area (Å²) in [5.74, 6) is 0.326. The first-order chi connectivity index (χ1) is 10.5. The van der Waals surface area contributed by atoms with Crippen LogP contribution in [0.2, 0.25) is 0 Å². The molecule has 0 aliphatic carbocycles. The average molecular weight is 305 g/mol. The third-order valence-corrected chi connectivity index (χ3v) is 5.17. The highest BCUT2D eigenvalue weighted by Gasteiger charge is 2.28. The van der Waals surface area contributed by atoms with E-state index >= 15 is 0 Å². The third kappa shape index (κ3) is 5.04. The Morgan fingerprint density at radius 2 is 2.00 bits per heavy atom. The second-order valence-electron chi connectivity index (χ2n) is 6.95. The van der Waals surface area contributed by atoms with Gasteiger partial charge in [-0.2, -0.15) is 0 Å². The number of hydrogen-bond donors (Lipinski definition) is 2. The topological polar surface area (TPSA) is 48.4 Å². The summed E-state index contributed by atoms with van der Waals surface area (Å²) < 4.78 is 0. The van der Waals surface area contributed by atoms with Gasteiger partial charge in [-0.25, -0.2) is 0 Å². The summed E-state index contributed by atoms with van der Waals surface area (Å²) in [4.78, 5) is 6.57. The van der Waals surface area contributed by atoms with Crippen LogP contribution in [0.4, 0.5) is 0 Å². The molecule has 4 nitrogen and oxygen atoms in total. The molecule has 0 amide bonds. The maximum absolute atomic E-state index is 10.5. The van der Waals surface area contributed by atoms with Crippen molar-refractivity contribution in [2.75, 3.05) is 19.6 Å². The SMILES string of the molecule is CCC(C)C(C)(O)CNC1CCN(Cc2ccncc2)CC1. The average Bonchev–Trinajstić information content (AvgIpc) is 2.54. The summed E-state index contributed by atoms with van der Waals surface area (Å²) in [5.41, 5.74) is 0.726. The molecular weight excluding hydrogens is 274 g/mol. The molecule has 0 aromatic carbocycles. The summed E-state index contributed by atoms with van der Waals surface area (Å²) in [6.07, 6.45) is 7.05. The van der Waals surface area contributed by atoms with Crippen LogP contribution in [-0.2, 0) is 6.54 Å². The van der Waals surface area contributed by atoms with Crippen LogP contribution in [0.5, 0.6) is 0 Å². The van der Waals surface area contributed by atoms with Crippen molar-refractivity contribution in [3.05, 3.63) is 30.1 Å². The second kappa shape index (κ2) is 8.04. The number of aliphatic hydroxyl groups is 1. The Hall–Kier alpha value is -0.970. The molecule has 2 N–H and O–H groups in total. The molecule has 1 aromatic heterocycles. The van der Waals surface area contributed by atoms with Crippen molar-refractivity contribution < 1.29 is 5.11 Å². The Bertz CT molecular complexity index is 427. The van der Waals surface area contributed by atoms with Gasteiger partial charge < -0.3 is 10.4 Å². The van der Waals surface area contributed by atoms with Crippen LogP contribution in [0.3, 0.4) is 0 Å². The summed E-state index contributed by atoms with van der Waals surface area (Å²) in [7, 11) is 0. The Kier molecular flexibility index (Phi) is 6.36. The molecule has 0 bridgehead atoms. The molecule has 2 heterocycles. The number of hydrogen-bond acceptors (Lipinski definition) is 4. The molecule has 1 aliphatic rings. The number of likely N-dealkylation sites (tertiary alicyclic amines) is 1. The summed E-state index contributed by atoms with van der Waals surface area (Å²) in [6, 6.07) is 4.71. The highest BCUT2D eigenvalue weighted by Crippen LogP contribution is 2.20. The molecule has 2 unspecified atom stereocenters. The zero-order valence-corrected chi connectivity index (χ0v) is 14.3. The van der Waals surface area contributed by atoms with Crippen LogP contribution in [0, 0.1) is 5.92 Å². The van der Waals surface area contributed by atoms with E-state index in [0.29, 0.717) is 18.5 Å². The van der Waals surface area contributed by atoms with Gasteiger partial charge in [0.1, 0.15) is 0 Å². The lowest BCUT2D eigenvalue weighted by molar-refractivity contribution is 0.00127. The Morgan fingerprint density at radius 3 is 2.59 bits per heavy atom. The molecule has 4 heteroatoms. The fourth-order valence-corrected chi connectivity index (χ4v) is 3.01. The lowest BCUT2D eigenvalue weighted by Crippen LogP contribution is -2.49. The van der Waals surface area contributed by atoms with Crippen molar-refractivity contribution in [2.45, 2.75) is 58.2 Å². The molecule has 0 radical (unpaired) electrons. The van der Waals surface area contributed by atoms with Gasteiger partial charge in [-0.1, -0.05) is 20.3 Å². The van der Waals surface area contributed by atoms with Crippen molar-refractivity contribution in [1.29, 1.82) is 0 Å². The van der Waals surface area contributed by atoms with Crippen molar-refractivity contribution in [3.63, 3.8) is 0 Å². The normalized spacial score (nSPS) is 21.5. The fourth-order valence-electron chi connectivity index (χ4n) is 3.01. The first-order valence-corrected chi connectivity index (χ1v) is 8.58. The maximum atomic E-state index is 10.5. The lowest BCUT2D eigenvalue weighted by atomic mass is 9.88. The van der Waals surface area contributed by atoms with E-state index in [9.17, 15) is 5.11 Å². The van der Waals surface area contributed by atoms with E-state index in [1.165, 1.54) is 5.56 Å². The standard InChI is InChI=1S/C18H31N3O/c1-4-15(2)18(3,22)14-20-17-7-11-21(12-8-17)13-16-5-9-19-10-6-16/h5-6,9-10,15,17,20,22H,4,7-8,11-14H2,1-3H3. The largest absolute Gasteiger partial charge is 0.389 e. The Morgan fingerprint density at radius 1 is 1.36 bits per heavy atom. The highest BCUT2D eigenvalue weighted by molar-refractivity contribution is 5.09. The molecular formula is C18H31N3O. The molecule has 1 saturated heterocycles. The molecule has 0 saturated carbocycles. The van der Waals surface area contributed by atoms with Gasteiger partial charge in [0.15, 0.2) is 0 Å². The van der Waals surface area contributed by atoms with Gasteiger partial charge in [0.2, 0.25) is 0 Å². The Balaban J connectivity index is 1.71. The lowest BCUT2D eigenvalue weighted by Gasteiger charge is -2.36. The van der Waals surface area contributed by atoms with E-state index in [1.807, 2.05) is 19.3 Å². The second-order valence-corrected chi connectivity index (χ2v) is 6.95. The number of aromatic nitrogens is 1. The van der Waals surface area contributed by atoms with Crippen molar-refractivity contribution in [2.24, 2.45) is 5.92 Å². The van der Waals surface area contributed by atoms with Gasteiger partial charge in [0, 0.05) is 31.5 Å². The van der Waals surface area contributed by atoms with E-state index in [-0.39, 0.29) is 0 Å². The van der Waals surface area contributed by atoms with Gasteiger partial charge in [-0.05, 0) is 56.5 Å². The van der Waals surface area contributed by atoms with Gasteiger partial charge in [0.05, 0.1) is 5.60 Å². The molecule has 1 aromatic rings. The number of rotatable bonds is 7. The van der Waals surface area contributed by atoms with Crippen molar-refractivity contribution in [1.82, 2.24) is 15.2 Å². The van der Waals surface area contributed by atoms with Crippen molar-refractivity contribution >= 4 is 0 Å². The zero-order chi connectivity index (χ0) is 16.0. The molecule has 2 rings (SSSR count). The first kappa shape index (κ1) is 17.4. The predicted octanol–water partition coefficient (Wildman–Crippen LogP) is 2.43. The predicted molar refractivity (Wildman–Crippen MR) is 90.6 cm³/mol. The molecule has 0 spiro atoms. The van der Waals surface area contributed by atoms with E-state index < -0.39 is 5.60 Å². The molecule has 1 fully saturated rings. The molecule has 2 atom stereocenters. The number of pyridine rings is 1. The van der Waals surface area contributed by atoms with Crippen LogP contribution in [0.1, 0.15) is 45.6 Å². The van der Waals surface area contributed by atoms with E-state index in [0.717, 1.165) is 38.9 Å². The van der Waals surface area contributed by atoms with Crippen molar-refractivity contribution in [3.8, 4) is 0 Å². The van der Waals surface area contributed by atoms with Crippen LogP contribution < -0.4 is 5.32 Å². The van der Waals surface area contributed by atoms with Gasteiger partial charge in [-0.3, -0.25) is 9.88 Å². The monoisotopic (exact) mass is 305 g/mol. The third-order valence-electron chi connectivity index (χ3n) is 5.17. The minimum atomic E-state index is -0.608. The zero-order valence-electron chi connectivity index (χ0n) is 14.3. The minimum absolute atomic E-state index is 0.326.